The number of allylic oxidation sites excluding steroid dienone is 2. The molecule has 0 aromatic rings. The van der Waals surface area contributed by atoms with E-state index in [1.807, 2.05) is 19.9 Å². The van der Waals surface area contributed by atoms with Crippen LogP contribution in [0.3, 0.4) is 0 Å². The van der Waals surface area contributed by atoms with E-state index in [1.165, 1.54) is 5.57 Å². The van der Waals surface area contributed by atoms with E-state index in [4.69, 9.17) is 5.11 Å². The summed E-state index contributed by atoms with van der Waals surface area (Å²) in [6.45, 7) is 5.78. The molecule has 0 aliphatic rings. The highest BCUT2D eigenvalue weighted by molar-refractivity contribution is 5.79. The van der Waals surface area contributed by atoms with E-state index in [2.05, 4.69) is 0 Å². The molecule has 0 saturated carbocycles. The van der Waals surface area contributed by atoms with Gasteiger partial charge in [0.2, 0.25) is 0 Å². The van der Waals surface area contributed by atoms with Crippen molar-refractivity contribution in [3.63, 3.8) is 0 Å². The number of hydrogen-bond acceptors (Lipinski definition) is 2. The zero-order valence-electron chi connectivity index (χ0n) is 9.55. The number of rotatable bonds is 7. The summed E-state index contributed by atoms with van der Waals surface area (Å²) < 4.78 is 0. The maximum absolute atomic E-state index is 11.3. The Labute approximate surface area is 87.0 Å². The zero-order valence-corrected chi connectivity index (χ0v) is 9.55. The molecule has 1 unspecified atom stereocenters. The van der Waals surface area contributed by atoms with Crippen LogP contribution in [-0.2, 0) is 4.79 Å². The van der Waals surface area contributed by atoms with Gasteiger partial charge in [0.25, 0.3) is 0 Å². The lowest BCUT2D eigenvalue weighted by molar-refractivity contribution is -0.118. The summed E-state index contributed by atoms with van der Waals surface area (Å²) >= 11 is 0. The van der Waals surface area contributed by atoms with Gasteiger partial charge in [-0.25, -0.2) is 0 Å². The van der Waals surface area contributed by atoms with Crippen LogP contribution in [-0.4, -0.2) is 17.0 Å². The van der Waals surface area contributed by atoms with Crippen LogP contribution >= 0.6 is 0 Å². The summed E-state index contributed by atoms with van der Waals surface area (Å²) in [6.07, 6.45) is 5.60. The molecule has 14 heavy (non-hydrogen) atoms. The topological polar surface area (TPSA) is 37.3 Å². The minimum absolute atomic E-state index is 0.233. The highest BCUT2D eigenvalue weighted by Gasteiger charge is 2.00. The van der Waals surface area contributed by atoms with E-state index in [0.29, 0.717) is 18.6 Å². The van der Waals surface area contributed by atoms with Gasteiger partial charge in [-0.1, -0.05) is 18.1 Å². The fourth-order valence-electron chi connectivity index (χ4n) is 1.18. The minimum atomic E-state index is -0.233. The van der Waals surface area contributed by atoms with Crippen molar-refractivity contribution in [3.8, 4) is 0 Å². The number of carbonyl (C=O) groups is 1. The van der Waals surface area contributed by atoms with Crippen molar-refractivity contribution >= 4 is 5.78 Å². The monoisotopic (exact) mass is 198 g/mol. The van der Waals surface area contributed by atoms with Crippen LogP contribution < -0.4 is 0 Å². The second kappa shape index (κ2) is 7.74. The second-order valence-corrected chi connectivity index (χ2v) is 4.12. The van der Waals surface area contributed by atoms with Crippen molar-refractivity contribution in [2.45, 2.75) is 59.0 Å². The molecule has 0 rings (SSSR count). The Bertz CT molecular complexity index is 188. The third kappa shape index (κ3) is 9.46. The van der Waals surface area contributed by atoms with Gasteiger partial charge < -0.3 is 5.11 Å². The van der Waals surface area contributed by atoms with Gasteiger partial charge in [0.1, 0.15) is 5.78 Å². The largest absolute Gasteiger partial charge is 0.393 e. The molecular weight excluding hydrogens is 176 g/mol. The fourth-order valence-corrected chi connectivity index (χ4v) is 1.18. The fraction of sp³-hybridized carbons (Fsp3) is 0.750. The van der Waals surface area contributed by atoms with Crippen LogP contribution in [0.4, 0.5) is 0 Å². The van der Waals surface area contributed by atoms with Crippen molar-refractivity contribution in [2.24, 2.45) is 0 Å². The van der Waals surface area contributed by atoms with Gasteiger partial charge in [-0.2, -0.15) is 0 Å². The molecule has 0 amide bonds. The maximum atomic E-state index is 11.3. The summed E-state index contributed by atoms with van der Waals surface area (Å²) in [4.78, 5) is 11.3. The average molecular weight is 198 g/mol. The molecule has 0 heterocycles. The molecule has 1 N–H and O–H groups in total. The molecule has 0 aliphatic carbocycles. The van der Waals surface area contributed by atoms with Crippen molar-refractivity contribution in [1.82, 2.24) is 0 Å². The zero-order chi connectivity index (χ0) is 11.0. The van der Waals surface area contributed by atoms with E-state index < -0.39 is 0 Å². The van der Waals surface area contributed by atoms with Crippen LogP contribution in [0, 0.1) is 0 Å². The summed E-state index contributed by atoms with van der Waals surface area (Å²) in [6, 6.07) is 0. The van der Waals surface area contributed by atoms with Gasteiger partial charge in [-0.3, -0.25) is 4.79 Å². The molecule has 0 saturated heterocycles. The van der Waals surface area contributed by atoms with E-state index >= 15 is 0 Å². The molecule has 0 fully saturated rings. The summed E-state index contributed by atoms with van der Waals surface area (Å²) in [5.74, 6) is 0.303. The van der Waals surface area contributed by atoms with Crippen molar-refractivity contribution in [3.05, 3.63) is 11.6 Å². The van der Waals surface area contributed by atoms with Crippen LogP contribution in [0.2, 0.25) is 0 Å². The first-order chi connectivity index (χ1) is 6.52. The van der Waals surface area contributed by atoms with Crippen molar-refractivity contribution < 1.29 is 9.90 Å². The van der Waals surface area contributed by atoms with E-state index in [9.17, 15) is 4.79 Å². The molecule has 0 aromatic heterocycles. The Kier molecular flexibility index (Phi) is 7.40. The van der Waals surface area contributed by atoms with Crippen LogP contribution in [0.15, 0.2) is 11.6 Å². The predicted octanol–water partition coefficient (Wildman–Crippen LogP) is 2.85. The SMILES string of the molecule is CC(C)=CCC(=O)CCCCC(C)O. The minimum Gasteiger partial charge on any atom is -0.393 e. The lowest BCUT2D eigenvalue weighted by Crippen LogP contribution is -2.00. The molecule has 0 spiro atoms. The van der Waals surface area contributed by atoms with Gasteiger partial charge in [-0.15, -0.1) is 0 Å². The van der Waals surface area contributed by atoms with Gasteiger partial charge in [-0.05, 0) is 33.6 Å². The number of ketones is 1. The summed E-state index contributed by atoms with van der Waals surface area (Å²) in [7, 11) is 0. The van der Waals surface area contributed by atoms with Crippen molar-refractivity contribution in [1.29, 1.82) is 0 Å². The summed E-state index contributed by atoms with van der Waals surface area (Å²) in [5.41, 5.74) is 1.20. The maximum Gasteiger partial charge on any atom is 0.136 e. The van der Waals surface area contributed by atoms with Crippen LogP contribution in [0.25, 0.3) is 0 Å². The molecule has 0 bridgehead atoms. The number of Topliss-reactive ketones (excluding diaryl/α,β-unsaturated/α-hetero) is 1. The van der Waals surface area contributed by atoms with Gasteiger partial charge in [0.15, 0.2) is 0 Å². The Hall–Kier alpha value is -0.630. The molecule has 2 nitrogen and oxygen atoms in total. The number of hydrogen-bond donors (Lipinski definition) is 1. The highest BCUT2D eigenvalue weighted by atomic mass is 16.3. The molecule has 0 aromatic carbocycles. The van der Waals surface area contributed by atoms with E-state index in [1.54, 1.807) is 6.92 Å². The molecule has 0 radical (unpaired) electrons. The van der Waals surface area contributed by atoms with Crippen LogP contribution in [0.1, 0.15) is 52.9 Å². The third-order valence-electron chi connectivity index (χ3n) is 2.07. The van der Waals surface area contributed by atoms with Gasteiger partial charge >= 0.3 is 0 Å². The van der Waals surface area contributed by atoms with E-state index in [-0.39, 0.29) is 6.10 Å². The molecule has 82 valence electrons. The normalized spacial score (nSPS) is 12.3. The lowest BCUT2D eigenvalue weighted by atomic mass is 10.1. The second-order valence-electron chi connectivity index (χ2n) is 4.12. The molecular formula is C12H22O2. The Morgan fingerprint density at radius 3 is 2.50 bits per heavy atom. The van der Waals surface area contributed by atoms with Gasteiger partial charge in [0.05, 0.1) is 6.10 Å². The number of carbonyl (C=O) groups excluding carboxylic acids is 1. The highest BCUT2D eigenvalue weighted by Crippen LogP contribution is 2.06. The standard InChI is InChI=1S/C12H22O2/c1-10(2)8-9-12(14)7-5-4-6-11(3)13/h8,11,13H,4-7,9H2,1-3H3. The van der Waals surface area contributed by atoms with E-state index in [0.717, 1.165) is 19.3 Å². The number of aliphatic hydroxyl groups is 1. The summed E-state index contributed by atoms with van der Waals surface area (Å²) in [5, 5.41) is 9.00. The predicted molar refractivity (Wildman–Crippen MR) is 59.2 cm³/mol. The Balaban J connectivity index is 3.41. The Morgan fingerprint density at radius 1 is 1.36 bits per heavy atom. The Morgan fingerprint density at radius 2 is 2.00 bits per heavy atom. The quantitative estimate of drug-likeness (QED) is 0.504. The first-order valence-electron chi connectivity index (χ1n) is 5.35. The smallest absolute Gasteiger partial charge is 0.136 e. The molecule has 0 aliphatic heterocycles. The molecule has 2 heteroatoms. The van der Waals surface area contributed by atoms with Crippen molar-refractivity contribution in [2.75, 3.05) is 0 Å². The van der Waals surface area contributed by atoms with Gasteiger partial charge in [0, 0.05) is 12.8 Å². The van der Waals surface area contributed by atoms with Crippen LogP contribution in [0.5, 0.6) is 0 Å². The first-order valence-corrected chi connectivity index (χ1v) is 5.35. The third-order valence-corrected chi connectivity index (χ3v) is 2.07. The lowest BCUT2D eigenvalue weighted by Gasteiger charge is -2.02. The number of unbranched alkanes of at least 4 members (excludes halogenated alkanes) is 1. The number of aliphatic hydroxyl groups excluding tert-OH is 1. The first kappa shape index (κ1) is 13.4. The average Bonchev–Trinajstić information content (AvgIpc) is 2.08. The molecule has 1 atom stereocenters.